The predicted molar refractivity (Wildman–Crippen MR) is 103 cm³/mol. The molecule has 2 heterocycles. The monoisotopic (exact) mass is 371 g/mol. The Balaban J connectivity index is 1.72. The maximum absolute atomic E-state index is 12.5. The van der Waals surface area contributed by atoms with E-state index in [2.05, 4.69) is 15.3 Å². The van der Waals surface area contributed by atoms with E-state index in [1.807, 2.05) is 37.3 Å². The molecule has 2 aromatic heterocycles. The third kappa shape index (κ3) is 4.17. The highest BCUT2D eigenvalue weighted by Gasteiger charge is 2.20. The second-order valence-corrected chi connectivity index (χ2v) is 6.83. The van der Waals surface area contributed by atoms with Crippen LogP contribution in [0.2, 0.25) is 0 Å². The van der Waals surface area contributed by atoms with Gasteiger partial charge in [-0.15, -0.1) is 11.3 Å². The smallest absolute Gasteiger partial charge is 0.348 e. The first kappa shape index (κ1) is 18.3. The molecule has 0 amide bonds. The molecule has 6 nitrogen and oxygen atoms in total. The second-order valence-electron chi connectivity index (χ2n) is 5.83. The minimum atomic E-state index is -0.331. The van der Waals surface area contributed by atoms with E-state index < -0.39 is 0 Å². The van der Waals surface area contributed by atoms with Gasteiger partial charge in [0.05, 0.1) is 12.0 Å². The number of esters is 1. The number of carbonyl (C=O) groups is 1. The van der Waals surface area contributed by atoms with Crippen LogP contribution < -0.4 is 5.32 Å². The van der Waals surface area contributed by atoms with Gasteiger partial charge in [-0.3, -0.25) is 0 Å². The lowest BCUT2D eigenvalue weighted by Crippen LogP contribution is -2.08. The topological polar surface area (TPSA) is 84.3 Å². The molecule has 0 spiro atoms. The quantitative estimate of drug-likeness (QED) is 0.467. The summed E-state index contributed by atoms with van der Waals surface area (Å²) < 4.78 is 5.45. The lowest BCUT2D eigenvalue weighted by Gasteiger charge is -2.06. The van der Waals surface area contributed by atoms with Gasteiger partial charge in [-0.05, 0) is 24.5 Å². The highest BCUT2D eigenvalue weighted by Crippen LogP contribution is 2.33. The average molecular weight is 371 g/mol. The number of nitrogens with zero attached hydrogens (tertiary/aromatic N) is 2. The van der Waals surface area contributed by atoms with Gasteiger partial charge in [0.25, 0.3) is 0 Å². The van der Waals surface area contributed by atoms with Gasteiger partial charge in [0.1, 0.15) is 21.9 Å². The van der Waals surface area contributed by atoms with Crippen molar-refractivity contribution < 1.29 is 14.6 Å². The largest absolute Gasteiger partial charge is 0.461 e. The number of hydrogen-bond donors (Lipinski definition) is 2. The van der Waals surface area contributed by atoms with Crippen molar-refractivity contribution in [2.45, 2.75) is 19.8 Å². The summed E-state index contributed by atoms with van der Waals surface area (Å²) in [6, 6.07) is 9.93. The van der Waals surface area contributed by atoms with E-state index in [1.165, 1.54) is 17.7 Å². The fourth-order valence-corrected chi connectivity index (χ4v) is 3.70. The van der Waals surface area contributed by atoms with E-state index in [4.69, 9.17) is 9.84 Å². The summed E-state index contributed by atoms with van der Waals surface area (Å²) in [5, 5.41) is 13.0. The van der Waals surface area contributed by atoms with Crippen molar-refractivity contribution in [1.29, 1.82) is 0 Å². The molecule has 0 atom stereocenters. The van der Waals surface area contributed by atoms with Crippen LogP contribution in [0.5, 0.6) is 0 Å². The molecule has 0 bridgehead atoms. The summed E-state index contributed by atoms with van der Waals surface area (Å²) in [5.74, 6) is 0.350. The van der Waals surface area contributed by atoms with Crippen molar-refractivity contribution in [3.63, 3.8) is 0 Å². The number of carbonyl (C=O) groups excluding carboxylic acids is 1. The number of aromatic nitrogens is 2. The van der Waals surface area contributed by atoms with Crippen LogP contribution in [-0.2, 0) is 11.2 Å². The molecule has 26 heavy (non-hydrogen) atoms. The van der Waals surface area contributed by atoms with E-state index in [0.717, 1.165) is 21.3 Å². The molecule has 7 heteroatoms. The summed E-state index contributed by atoms with van der Waals surface area (Å²) in [5.41, 5.74) is 1.96. The van der Waals surface area contributed by atoms with Crippen LogP contribution in [0.25, 0.3) is 10.2 Å². The molecular weight excluding hydrogens is 350 g/mol. The molecule has 3 rings (SSSR count). The molecule has 0 fully saturated rings. The van der Waals surface area contributed by atoms with Crippen LogP contribution in [-0.4, -0.2) is 40.8 Å². The zero-order valence-corrected chi connectivity index (χ0v) is 15.4. The van der Waals surface area contributed by atoms with Crippen molar-refractivity contribution in [3.8, 4) is 0 Å². The molecule has 0 aliphatic rings. The van der Waals surface area contributed by atoms with Crippen molar-refractivity contribution in [2.24, 2.45) is 0 Å². The third-order valence-corrected chi connectivity index (χ3v) is 5.19. The molecule has 2 N–H and O–H groups in total. The lowest BCUT2D eigenvalue weighted by molar-refractivity contribution is 0.0514. The minimum Gasteiger partial charge on any atom is -0.461 e. The Hall–Kier alpha value is -2.51. The molecule has 1 aromatic carbocycles. The predicted octanol–water partition coefficient (Wildman–Crippen LogP) is 3.19. The van der Waals surface area contributed by atoms with Crippen molar-refractivity contribution in [1.82, 2.24) is 9.97 Å². The molecule has 3 aromatic rings. The molecule has 0 saturated carbocycles. The fraction of sp³-hybridized carbons (Fsp3) is 0.316. The van der Waals surface area contributed by atoms with Crippen LogP contribution in [0.4, 0.5) is 5.82 Å². The summed E-state index contributed by atoms with van der Waals surface area (Å²) >= 11 is 1.32. The number of anilines is 1. The molecule has 136 valence electrons. The van der Waals surface area contributed by atoms with Crippen LogP contribution in [0.15, 0.2) is 36.7 Å². The first-order valence-corrected chi connectivity index (χ1v) is 9.32. The Kier molecular flexibility index (Phi) is 6.14. The van der Waals surface area contributed by atoms with Crippen molar-refractivity contribution in [3.05, 3.63) is 52.7 Å². The normalized spacial score (nSPS) is 10.8. The Morgan fingerprint density at radius 2 is 2.08 bits per heavy atom. The van der Waals surface area contributed by atoms with E-state index in [1.54, 1.807) is 0 Å². The first-order valence-electron chi connectivity index (χ1n) is 8.50. The number of ether oxygens (including phenoxy) is 1. The fourth-order valence-electron chi connectivity index (χ4n) is 2.66. The number of rotatable bonds is 8. The highest BCUT2D eigenvalue weighted by molar-refractivity contribution is 7.20. The molecule has 0 radical (unpaired) electrons. The SMILES string of the molecule is Cc1c(C(=O)OCCc2ccccc2)sc2ncnc(NCCCO)c12. The Labute approximate surface area is 155 Å². The maximum atomic E-state index is 12.5. The van der Waals surface area contributed by atoms with Crippen LogP contribution in [0.1, 0.15) is 27.2 Å². The Bertz CT molecular complexity index is 880. The van der Waals surface area contributed by atoms with Crippen molar-refractivity contribution >= 4 is 33.3 Å². The van der Waals surface area contributed by atoms with Gasteiger partial charge in [-0.1, -0.05) is 30.3 Å². The van der Waals surface area contributed by atoms with E-state index >= 15 is 0 Å². The lowest BCUT2D eigenvalue weighted by atomic mass is 10.2. The van der Waals surface area contributed by atoms with E-state index in [-0.39, 0.29) is 12.6 Å². The summed E-state index contributed by atoms with van der Waals surface area (Å²) in [4.78, 5) is 22.3. The standard InChI is InChI=1S/C19H21N3O3S/c1-13-15-17(20-9-5-10-23)21-12-22-18(15)26-16(13)19(24)25-11-8-14-6-3-2-4-7-14/h2-4,6-7,12,23H,5,8-11H2,1H3,(H,20,21,22). The van der Waals surface area contributed by atoms with Crippen LogP contribution >= 0.6 is 11.3 Å². The summed E-state index contributed by atoms with van der Waals surface area (Å²) in [7, 11) is 0. The third-order valence-electron chi connectivity index (χ3n) is 4.01. The number of aliphatic hydroxyl groups is 1. The van der Waals surface area contributed by atoms with Crippen molar-refractivity contribution in [2.75, 3.05) is 25.1 Å². The number of hydrogen-bond acceptors (Lipinski definition) is 7. The van der Waals surface area contributed by atoms with Gasteiger partial charge < -0.3 is 15.2 Å². The molecule has 0 saturated heterocycles. The van der Waals surface area contributed by atoms with Crippen LogP contribution in [0.3, 0.4) is 0 Å². The van der Waals surface area contributed by atoms with Crippen LogP contribution in [0, 0.1) is 6.92 Å². The molecule has 0 unspecified atom stereocenters. The first-order chi connectivity index (χ1) is 12.7. The van der Waals surface area contributed by atoms with Gasteiger partial charge in [0.15, 0.2) is 0 Å². The van der Waals surface area contributed by atoms with Gasteiger partial charge in [-0.25, -0.2) is 14.8 Å². The average Bonchev–Trinajstić information content (AvgIpc) is 3.00. The number of aryl methyl sites for hydroxylation is 1. The molecular formula is C19H21N3O3S. The second kappa shape index (κ2) is 8.73. The van der Waals surface area contributed by atoms with Gasteiger partial charge >= 0.3 is 5.97 Å². The Morgan fingerprint density at radius 1 is 1.27 bits per heavy atom. The zero-order chi connectivity index (χ0) is 18.4. The van der Waals surface area contributed by atoms with Gasteiger partial charge in [0.2, 0.25) is 0 Å². The summed E-state index contributed by atoms with van der Waals surface area (Å²) in [6.07, 6.45) is 2.79. The van der Waals surface area contributed by atoms with E-state index in [9.17, 15) is 4.79 Å². The number of fused-ring (bicyclic) bond motifs is 1. The number of thiophene rings is 1. The number of aliphatic hydroxyl groups excluding tert-OH is 1. The maximum Gasteiger partial charge on any atom is 0.348 e. The highest BCUT2D eigenvalue weighted by atomic mass is 32.1. The molecule has 0 aliphatic heterocycles. The molecule has 0 aliphatic carbocycles. The minimum absolute atomic E-state index is 0.114. The van der Waals surface area contributed by atoms with E-state index in [0.29, 0.717) is 36.7 Å². The zero-order valence-electron chi connectivity index (χ0n) is 14.6. The Morgan fingerprint density at radius 3 is 2.85 bits per heavy atom. The van der Waals surface area contributed by atoms with Gasteiger partial charge in [0, 0.05) is 19.6 Å². The number of benzene rings is 1. The van der Waals surface area contributed by atoms with Gasteiger partial charge in [-0.2, -0.15) is 0 Å². The summed E-state index contributed by atoms with van der Waals surface area (Å²) in [6.45, 7) is 2.94. The number of nitrogens with one attached hydrogen (secondary N) is 1.